The van der Waals surface area contributed by atoms with Crippen LogP contribution in [-0.2, 0) is 0 Å². The summed E-state index contributed by atoms with van der Waals surface area (Å²) in [6.07, 6.45) is -1.99. The minimum absolute atomic E-state index is 0.0285. The fourth-order valence-electron chi connectivity index (χ4n) is 1.02. The molecule has 14 heavy (non-hydrogen) atoms. The normalized spacial score (nSPS) is 12.1. The lowest BCUT2D eigenvalue weighted by Crippen LogP contribution is -2.26. The Labute approximate surface area is 81.2 Å². The molecule has 5 N–H and O–H groups in total. The van der Waals surface area contributed by atoms with E-state index in [9.17, 15) is 9.90 Å². The smallest absolute Gasteiger partial charge is 0.404 e. The first-order valence-corrected chi connectivity index (χ1v) is 4.10. The molecule has 0 saturated carbocycles. The molecule has 1 atom stereocenters. The summed E-state index contributed by atoms with van der Waals surface area (Å²) >= 11 is 0. The van der Waals surface area contributed by atoms with Crippen LogP contribution >= 0.6 is 0 Å². The molecule has 0 saturated heterocycles. The monoisotopic (exact) mass is 196 g/mol. The summed E-state index contributed by atoms with van der Waals surface area (Å²) in [5.41, 5.74) is 6.69. The van der Waals surface area contributed by atoms with Crippen molar-refractivity contribution in [3.05, 3.63) is 29.8 Å². The molecule has 1 amide bonds. The van der Waals surface area contributed by atoms with Crippen molar-refractivity contribution in [2.24, 2.45) is 0 Å². The van der Waals surface area contributed by atoms with E-state index >= 15 is 0 Å². The van der Waals surface area contributed by atoms with Gasteiger partial charge in [-0.1, -0.05) is 12.1 Å². The molecule has 0 heterocycles. The zero-order valence-corrected chi connectivity index (χ0v) is 7.47. The summed E-state index contributed by atoms with van der Waals surface area (Å²) in [6, 6.07) is 6.62. The van der Waals surface area contributed by atoms with Crippen molar-refractivity contribution in [2.75, 3.05) is 12.3 Å². The van der Waals surface area contributed by atoms with Gasteiger partial charge in [0.2, 0.25) is 0 Å². The SMILES string of the molecule is Nc1ccc(C(O)CNC(=O)O)cc1. The molecule has 76 valence electrons. The first-order valence-electron chi connectivity index (χ1n) is 4.10. The van der Waals surface area contributed by atoms with Crippen LogP contribution in [0.4, 0.5) is 10.5 Å². The molecule has 0 fully saturated rings. The summed E-state index contributed by atoms with van der Waals surface area (Å²) in [6.45, 7) is -0.0285. The number of anilines is 1. The van der Waals surface area contributed by atoms with Crippen LogP contribution in [0.5, 0.6) is 0 Å². The molecule has 1 aromatic rings. The second-order valence-corrected chi connectivity index (χ2v) is 2.87. The van der Waals surface area contributed by atoms with E-state index in [1.54, 1.807) is 24.3 Å². The number of aliphatic hydroxyl groups is 1. The van der Waals surface area contributed by atoms with Gasteiger partial charge in [-0.15, -0.1) is 0 Å². The van der Waals surface area contributed by atoms with E-state index < -0.39 is 12.2 Å². The number of carboxylic acid groups (broad SMARTS) is 1. The van der Waals surface area contributed by atoms with Gasteiger partial charge in [0.1, 0.15) is 0 Å². The minimum Gasteiger partial charge on any atom is -0.465 e. The van der Waals surface area contributed by atoms with Gasteiger partial charge in [0.15, 0.2) is 0 Å². The van der Waals surface area contributed by atoms with Crippen LogP contribution in [0.15, 0.2) is 24.3 Å². The topological polar surface area (TPSA) is 95.6 Å². The van der Waals surface area contributed by atoms with Crippen LogP contribution in [0.2, 0.25) is 0 Å². The summed E-state index contributed by atoms with van der Waals surface area (Å²) in [7, 11) is 0. The Morgan fingerprint density at radius 3 is 2.50 bits per heavy atom. The van der Waals surface area contributed by atoms with Gasteiger partial charge in [0.05, 0.1) is 12.6 Å². The third kappa shape index (κ3) is 2.95. The van der Waals surface area contributed by atoms with Crippen LogP contribution in [0.25, 0.3) is 0 Å². The van der Waals surface area contributed by atoms with Crippen molar-refractivity contribution in [3.8, 4) is 0 Å². The average molecular weight is 196 g/mol. The van der Waals surface area contributed by atoms with E-state index in [1.807, 2.05) is 0 Å². The number of benzene rings is 1. The maximum Gasteiger partial charge on any atom is 0.404 e. The number of amides is 1. The van der Waals surface area contributed by atoms with E-state index in [1.165, 1.54) is 0 Å². The van der Waals surface area contributed by atoms with Gasteiger partial charge in [-0.25, -0.2) is 4.79 Å². The molecular formula is C9H12N2O3. The van der Waals surface area contributed by atoms with Gasteiger partial charge in [0, 0.05) is 5.69 Å². The summed E-state index contributed by atoms with van der Waals surface area (Å²) in [5.74, 6) is 0. The molecule has 0 aliphatic heterocycles. The molecule has 0 aromatic heterocycles. The number of aliphatic hydroxyl groups excluding tert-OH is 1. The molecule has 5 heteroatoms. The molecule has 0 bridgehead atoms. The van der Waals surface area contributed by atoms with E-state index in [2.05, 4.69) is 5.32 Å². The van der Waals surface area contributed by atoms with Crippen LogP contribution in [0.1, 0.15) is 11.7 Å². The third-order valence-corrected chi connectivity index (χ3v) is 1.77. The number of nitrogens with two attached hydrogens (primary N) is 1. The second-order valence-electron chi connectivity index (χ2n) is 2.87. The maximum absolute atomic E-state index is 10.1. The largest absolute Gasteiger partial charge is 0.465 e. The number of nitrogens with one attached hydrogen (secondary N) is 1. The van der Waals surface area contributed by atoms with Crippen molar-refractivity contribution in [2.45, 2.75) is 6.10 Å². The number of nitrogen functional groups attached to an aromatic ring is 1. The molecule has 1 aromatic carbocycles. The lowest BCUT2D eigenvalue weighted by atomic mass is 10.1. The van der Waals surface area contributed by atoms with Gasteiger partial charge in [-0.05, 0) is 17.7 Å². The molecule has 0 aliphatic carbocycles. The van der Waals surface area contributed by atoms with Gasteiger partial charge < -0.3 is 21.3 Å². The van der Waals surface area contributed by atoms with E-state index in [0.717, 1.165) is 0 Å². The number of hydrogen-bond donors (Lipinski definition) is 4. The van der Waals surface area contributed by atoms with Crippen LogP contribution in [-0.4, -0.2) is 22.9 Å². The molecule has 1 unspecified atom stereocenters. The highest BCUT2D eigenvalue weighted by Crippen LogP contribution is 2.13. The van der Waals surface area contributed by atoms with Gasteiger partial charge in [-0.2, -0.15) is 0 Å². The first kappa shape index (κ1) is 10.3. The zero-order chi connectivity index (χ0) is 10.6. The van der Waals surface area contributed by atoms with Crippen molar-refractivity contribution >= 4 is 11.8 Å². The fourth-order valence-corrected chi connectivity index (χ4v) is 1.02. The van der Waals surface area contributed by atoms with Crippen molar-refractivity contribution in [1.82, 2.24) is 5.32 Å². The fraction of sp³-hybridized carbons (Fsp3) is 0.222. The predicted octanol–water partition coefficient (Wildman–Crippen LogP) is 0.570. The Bertz CT molecular complexity index is 310. The van der Waals surface area contributed by atoms with Crippen LogP contribution in [0.3, 0.4) is 0 Å². The molecule has 5 nitrogen and oxygen atoms in total. The number of rotatable bonds is 3. The highest BCUT2D eigenvalue weighted by molar-refractivity contribution is 5.64. The van der Waals surface area contributed by atoms with Gasteiger partial charge >= 0.3 is 6.09 Å². The molecule has 0 aliphatic rings. The maximum atomic E-state index is 10.1. The van der Waals surface area contributed by atoms with Crippen molar-refractivity contribution < 1.29 is 15.0 Å². The van der Waals surface area contributed by atoms with E-state index in [-0.39, 0.29) is 6.54 Å². The third-order valence-electron chi connectivity index (χ3n) is 1.77. The molecule has 0 radical (unpaired) electrons. The highest BCUT2D eigenvalue weighted by atomic mass is 16.4. The Morgan fingerprint density at radius 1 is 1.43 bits per heavy atom. The molecule has 0 spiro atoms. The Hall–Kier alpha value is -1.75. The van der Waals surface area contributed by atoms with E-state index in [4.69, 9.17) is 10.8 Å². The zero-order valence-electron chi connectivity index (χ0n) is 7.47. The second kappa shape index (κ2) is 4.48. The standard InChI is InChI=1S/C9H12N2O3/c10-7-3-1-6(2-4-7)8(12)5-11-9(13)14/h1-4,8,11-12H,5,10H2,(H,13,14). The Morgan fingerprint density at radius 2 is 2.00 bits per heavy atom. The van der Waals surface area contributed by atoms with E-state index in [0.29, 0.717) is 11.3 Å². The summed E-state index contributed by atoms with van der Waals surface area (Å²) < 4.78 is 0. The predicted molar refractivity (Wildman–Crippen MR) is 51.8 cm³/mol. The first-order chi connectivity index (χ1) is 6.59. The van der Waals surface area contributed by atoms with Gasteiger partial charge in [-0.3, -0.25) is 0 Å². The number of hydrogen-bond acceptors (Lipinski definition) is 3. The summed E-state index contributed by atoms with van der Waals surface area (Å²) in [4.78, 5) is 10.1. The lowest BCUT2D eigenvalue weighted by molar-refractivity contribution is 0.159. The quantitative estimate of drug-likeness (QED) is 0.531. The Balaban J connectivity index is 2.56. The van der Waals surface area contributed by atoms with Crippen LogP contribution in [0, 0.1) is 0 Å². The lowest BCUT2D eigenvalue weighted by Gasteiger charge is -2.10. The summed E-state index contributed by atoms with van der Waals surface area (Å²) in [5, 5.41) is 19.9. The molecule has 1 rings (SSSR count). The minimum atomic E-state index is -1.15. The number of carbonyl (C=O) groups is 1. The van der Waals surface area contributed by atoms with Crippen molar-refractivity contribution in [1.29, 1.82) is 0 Å². The highest BCUT2D eigenvalue weighted by Gasteiger charge is 2.07. The Kier molecular flexibility index (Phi) is 3.30. The van der Waals surface area contributed by atoms with Crippen molar-refractivity contribution in [3.63, 3.8) is 0 Å². The average Bonchev–Trinajstić information content (AvgIpc) is 2.15. The molecular weight excluding hydrogens is 184 g/mol. The van der Waals surface area contributed by atoms with Crippen LogP contribution < -0.4 is 11.1 Å². The van der Waals surface area contributed by atoms with Gasteiger partial charge in [0.25, 0.3) is 0 Å².